The molecule has 0 spiro atoms. The van der Waals surface area contributed by atoms with Gasteiger partial charge in [0.25, 0.3) is 5.91 Å². The van der Waals surface area contributed by atoms with Crippen LogP contribution in [0.5, 0.6) is 11.5 Å². The molecule has 1 fully saturated rings. The van der Waals surface area contributed by atoms with Crippen molar-refractivity contribution in [3.8, 4) is 11.5 Å². The molecule has 1 saturated carbocycles. The molecule has 24 heavy (non-hydrogen) atoms. The molecule has 128 valence electrons. The van der Waals surface area contributed by atoms with Crippen LogP contribution in [0.2, 0.25) is 0 Å². The van der Waals surface area contributed by atoms with Crippen LogP contribution in [-0.4, -0.2) is 31.7 Å². The fraction of sp³-hybridized carbons (Fsp3) is 0.444. The summed E-state index contributed by atoms with van der Waals surface area (Å²) in [6, 6.07) is 5.68. The molecule has 1 aliphatic carbocycles. The molecule has 1 N–H and O–H groups in total. The molecule has 1 amide bonds. The summed E-state index contributed by atoms with van der Waals surface area (Å²) in [5, 5.41) is 4.09. The summed E-state index contributed by atoms with van der Waals surface area (Å²) in [6.45, 7) is 2.45. The van der Waals surface area contributed by atoms with Crippen LogP contribution in [-0.2, 0) is 6.42 Å². The molecule has 2 aromatic rings. The zero-order valence-electron chi connectivity index (χ0n) is 14.2. The Morgan fingerprint density at radius 2 is 2.12 bits per heavy atom. The lowest BCUT2D eigenvalue weighted by atomic mass is 10.1. The molecule has 3 rings (SSSR count). The van der Waals surface area contributed by atoms with Crippen molar-refractivity contribution >= 4 is 17.2 Å². The maximum Gasteiger partial charge on any atom is 0.263 e. The molecule has 1 aliphatic rings. The zero-order chi connectivity index (χ0) is 17.1. The van der Waals surface area contributed by atoms with Crippen LogP contribution in [0, 0.1) is 6.92 Å². The van der Waals surface area contributed by atoms with Crippen LogP contribution in [0.25, 0.3) is 0 Å². The first-order valence-corrected chi connectivity index (χ1v) is 8.90. The Balaban J connectivity index is 1.61. The van der Waals surface area contributed by atoms with Gasteiger partial charge in [0.15, 0.2) is 0 Å². The van der Waals surface area contributed by atoms with Crippen molar-refractivity contribution in [1.82, 2.24) is 10.3 Å². The van der Waals surface area contributed by atoms with E-state index in [1.165, 1.54) is 24.2 Å². The van der Waals surface area contributed by atoms with E-state index in [0.29, 0.717) is 18.9 Å². The maximum absolute atomic E-state index is 12.4. The van der Waals surface area contributed by atoms with Crippen LogP contribution in [0.3, 0.4) is 0 Å². The largest absolute Gasteiger partial charge is 0.497 e. The Labute approximate surface area is 146 Å². The van der Waals surface area contributed by atoms with Crippen LogP contribution in [0.1, 0.15) is 44.7 Å². The third kappa shape index (κ3) is 3.70. The molecule has 0 atom stereocenters. The lowest BCUT2D eigenvalue weighted by molar-refractivity contribution is 0.0957. The van der Waals surface area contributed by atoms with E-state index in [1.807, 2.05) is 25.1 Å². The fourth-order valence-corrected chi connectivity index (χ4v) is 3.75. The number of thiazole rings is 1. The van der Waals surface area contributed by atoms with Gasteiger partial charge in [0.05, 0.1) is 24.9 Å². The SMILES string of the molecule is COc1ccc(OC)c(CCNC(=O)c2sc(C3CC3)nc2C)c1. The Bertz CT molecular complexity index is 738. The van der Waals surface area contributed by atoms with Crippen LogP contribution >= 0.6 is 11.3 Å². The van der Waals surface area contributed by atoms with Gasteiger partial charge in [-0.1, -0.05) is 0 Å². The lowest BCUT2D eigenvalue weighted by Crippen LogP contribution is -2.25. The number of methoxy groups -OCH3 is 2. The van der Waals surface area contributed by atoms with E-state index in [1.54, 1.807) is 14.2 Å². The van der Waals surface area contributed by atoms with Crippen LogP contribution in [0.4, 0.5) is 0 Å². The van der Waals surface area contributed by atoms with E-state index in [2.05, 4.69) is 10.3 Å². The first kappa shape index (κ1) is 16.8. The van der Waals surface area contributed by atoms with Crippen LogP contribution in [0.15, 0.2) is 18.2 Å². The van der Waals surface area contributed by atoms with Gasteiger partial charge in [-0.15, -0.1) is 11.3 Å². The molecule has 0 aliphatic heterocycles. The number of benzene rings is 1. The second kappa shape index (κ2) is 7.21. The standard InChI is InChI=1S/C18H22N2O3S/c1-11-16(24-18(20-11)12-4-5-12)17(21)19-9-8-13-10-14(22-2)6-7-15(13)23-3/h6-7,10,12H,4-5,8-9H2,1-3H3,(H,19,21). The number of aryl methyl sites for hydroxylation is 1. The topological polar surface area (TPSA) is 60.5 Å². The smallest absolute Gasteiger partial charge is 0.263 e. The molecule has 5 nitrogen and oxygen atoms in total. The monoisotopic (exact) mass is 346 g/mol. The van der Waals surface area contributed by atoms with E-state index < -0.39 is 0 Å². The number of hydrogen-bond acceptors (Lipinski definition) is 5. The maximum atomic E-state index is 12.4. The molecule has 1 aromatic heterocycles. The number of carbonyl (C=O) groups is 1. The molecule has 6 heteroatoms. The number of hydrogen-bond donors (Lipinski definition) is 1. The van der Waals surface area contributed by atoms with Gasteiger partial charge in [0, 0.05) is 12.5 Å². The van der Waals surface area contributed by atoms with Crippen molar-refractivity contribution < 1.29 is 14.3 Å². The molecular weight excluding hydrogens is 324 g/mol. The molecular formula is C18H22N2O3S. The highest BCUT2D eigenvalue weighted by atomic mass is 32.1. The van der Waals surface area contributed by atoms with Gasteiger partial charge in [-0.25, -0.2) is 4.98 Å². The highest BCUT2D eigenvalue weighted by Gasteiger charge is 2.28. The summed E-state index contributed by atoms with van der Waals surface area (Å²) in [5.74, 6) is 2.12. The van der Waals surface area contributed by atoms with Gasteiger partial charge < -0.3 is 14.8 Å². The zero-order valence-corrected chi connectivity index (χ0v) is 15.0. The predicted octanol–water partition coefficient (Wildman–Crippen LogP) is 3.32. The minimum Gasteiger partial charge on any atom is -0.497 e. The quantitative estimate of drug-likeness (QED) is 0.835. The van der Waals surface area contributed by atoms with Gasteiger partial charge in [-0.2, -0.15) is 0 Å². The average molecular weight is 346 g/mol. The first-order valence-electron chi connectivity index (χ1n) is 8.08. The van der Waals surface area contributed by atoms with E-state index >= 15 is 0 Å². The van der Waals surface area contributed by atoms with E-state index in [-0.39, 0.29) is 5.91 Å². The average Bonchev–Trinajstić information content (AvgIpc) is 3.37. The van der Waals surface area contributed by atoms with Crippen molar-refractivity contribution in [3.05, 3.63) is 39.3 Å². The first-order chi connectivity index (χ1) is 11.6. The number of rotatable bonds is 7. The third-order valence-corrected chi connectivity index (χ3v) is 5.43. The lowest BCUT2D eigenvalue weighted by Gasteiger charge is -2.11. The molecule has 1 heterocycles. The highest BCUT2D eigenvalue weighted by Crippen LogP contribution is 2.42. The van der Waals surface area contributed by atoms with Crippen molar-refractivity contribution in [3.63, 3.8) is 0 Å². The van der Waals surface area contributed by atoms with E-state index in [0.717, 1.165) is 32.6 Å². The summed E-state index contributed by atoms with van der Waals surface area (Å²) in [5.41, 5.74) is 1.84. The molecule has 0 radical (unpaired) electrons. The van der Waals surface area contributed by atoms with Crippen molar-refractivity contribution in [1.29, 1.82) is 0 Å². The minimum absolute atomic E-state index is 0.0428. The Kier molecular flexibility index (Phi) is 5.04. The summed E-state index contributed by atoms with van der Waals surface area (Å²) in [7, 11) is 3.28. The Morgan fingerprint density at radius 1 is 1.33 bits per heavy atom. The summed E-state index contributed by atoms with van der Waals surface area (Å²) in [4.78, 5) is 17.7. The van der Waals surface area contributed by atoms with Crippen molar-refractivity contribution in [2.24, 2.45) is 0 Å². The number of carbonyl (C=O) groups excluding carboxylic acids is 1. The number of nitrogens with zero attached hydrogens (tertiary/aromatic N) is 1. The van der Waals surface area contributed by atoms with Crippen molar-refractivity contribution in [2.75, 3.05) is 20.8 Å². The highest BCUT2D eigenvalue weighted by molar-refractivity contribution is 7.13. The van der Waals surface area contributed by atoms with Gasteiger partial charge in [-0.3, -0.25) is 4.79 Å². The van der Waals surface area contributed by atoms with Crippen LogP contribution < -0.4 is 14.8 Å². The van der Waals surface area contributed by atoms with Crippen molar-refractivity contribution in [2.45, 2.75) is 32.1 Å². The molecule has 0 bridgehead atoms. The number of ether oxygens (including phenoxy) is 2. The third-order valence-electron chi connectivity index (χ3n) is 4.11. The van der Waals surface area contributed by atoms with Gasteiger partial charge in [0.1, 0.15) is 16.4 Å². The summed E-state index contributed by atoms with van der Waals surface area (Å²) < 4.78 is 10.6. The molecule has 1 aromatic carbocycles. The second-order valence-corrected chi connectivity index (χ2v) is 6.96. The Morgan fingerprint density at radius 3 is 2.79 bits per heavy atom. The second-order valence-electron chi connectivity index (χ2n) is 5.92. The van der Waals surface area contributed by atoms with E-state index in [9.17, 15) is 4.79 Å². The molecule has 0 unspecified atom stereocenters. The van der Waals surface area contributed by atoms with Gasteiger partial charge >= 0.3 is 0 Å². The molecule has 0 saturated heterocycles. The number of amides is 1. The van der Waals surface area contributed by atoms with Gasteiger partial charge in [0.2, 0.25) is 0 Å². The van der Waals surface area contributed by atoms with E-state index in [4.69, 9.17) is 9.47 Å². The summed E-state index contributed by atoms with van der Waals surface area (Å²) >= 11 is 1.53. The fourth-order valence-electron chi connectivity index (χ4n) is 2.60. The normalized spacial score (nSPS) is 13.6. The number of aromatic nitrogens is 1. The predicted molar refractivity (Wildman–Crippen MR) is 94.4 cm³/mol. The minimum atomic E-state index is -0.0428. The summed E-state index contributed by atoms with van der Waals surface area (Å²) in [6.07, 6.45) is 3.08. The van der Waals surface area contributed by atoms with Gasteiger partial charge in [-0.05, 0) is 49.9 Å². The Hall–Kier alpha value is -2.08. The number of nitrogens with one attached hydrogen (secondary N) is 1.